The van der Waals surface area contributed by atoms with Crippen LogP contribution in [0.15, 0.2) is 42.6 Å². The van der Waals surface area contributed by atoms with E-state index in [9.17, 15) is 4.39 Å². The van der Waals surface area contributed by atoms with E-state index in [2.05, 4.69) is 9.97 Å². The average molecular weight is 252 g/mol. The van der Waals surface area contributed by atoms with Gasteiger partial charge in [-0.3, -0.25) is 4.98 Å². The normalized spacial score (nSPS) is 10.9. The van der Waals surface area contributed by atoms with Gasteiger partial charge in [-0.1, -0.05) is 12.1 Å². The quantitative estimate of drug-likeness (QED) is 0.653. The lowest BCUT2D eigenvalue weighted by atomic mass is 10.0. The fraction of sp³-hybridized carbons (Fsp3) is 0.125. The van der Waals surface area contributed by atoms with Crippen LogP contribution >= 0.6 is 0 Å². The molecule has 3 rings (SSSR count). The molecule has 19 heavy (non-hydrogen) atoms. The first-order valence-corrected chi connectivity index (χ1v) is 6.15. The van der Waals surface area contributed by atoms with Crippen molar-refractivity contribution >= 4 is 10.9 Å². The molecule has 0 bridgehead atoms. The van der Waals surface area contributed by atoms with Crippen LogP contribution in [0, 0.1) is 19.7 Å². The number of aromatic nitrogens is 2. The minimum Gasteiger partial charge on any atom is -0.261 e. The van der Waals surface area contributed by atoms with Gasteiger partial charge in [-0.05, 0) is 38.1 Å². The van der Waals surface area contributed by atoms with Gasteiger partial charge in [0.15, 0.2) is 0 Å². The number of rotatable bonds is 1. The van der Waals surface area contributed by atoms with Crippen LogP contribution in [-0.2, 0) is 0 Å². The maximum atomic E-state index is 14.4. The van der Waals surface area contributed by atoms with Crippen LogP contribution < -0.4 is 0 Å². The van der Waals surface area contributed by atoms with Crippen LogP contribution in [0.3, 0.4) is 0 Å². The highest BCUT2D eigenvalue weighted by Gasteiger charge is 2.14. The van der Waals surface area contributed by atoms with E-state index in [4.69, 9.17) is 0 Å². The molecule has 0 aliphatic carbocycles. The van der Waals surface area contributed by atoms with Crippen molar-refractivity contribution in [2.45, 2.75) is 13.8 Å². The Hall–Kier alpha value is -2.29. The summed E-state index contributed by atoms with van der Waals surface area (Å²) in [7, 11) is 0. The van der Waals surface area contributed by atoms with Crippen molar-refractivity contribution in [1.29, 1.82) is 0 Å². The Morgan fingerprint density at radius 2 is 1.79 bits per heavy atom. The van der Waals surface area contributed by atoms with Crippen LogP contribution in [0.1, 0.15) is 11.3 Å². The van der Waals surface area contributed by atoms with E-state index in [1.165, 1.54) is 0 Å². The molecule has 2 nitrogen and oxygen atoms in total. The zero-order valence-corrected chi connectivity index (χ0v) is 10.8. The largest absolute Gasteiger partial charge is 0.261 e. The number of benzene rings is 1. The third-order valence-electron chi connectivity index (χ3n) is 3.32. The van der Waals surface area contributed by atoms with E-state index in [0.29, 0.717) is 22.2 Å². The van der Waals surface area contributed by atoms with Gasteiger partial charge in [0.2, 0.25) is 0 Å². The number of aryl methyl sites for hydroxylation is 1. The van der Waals surface area contributed by atoms with Crippen LogP contribution in [0.5, 0.6) is 0 Å². The fourth-order valence-corrected chi connectivity index (χ4v) is 2.26. The zero-order valence-electron chi connectivity index (χ0n) is 10.8. The third kappa shape index (κ3) is 1.87. The van der Waals surface area contributed by atoms with E-state index in [-0.39, 0.29) is 5.82 Å². The number of halogens is 1. The van der Waals surface area contributed by atoms with Gasteiger partial charge in [0.25, 0.3) is 0 Å². The Bertz CT molecular complexity index is 766. The second-order valence-corrected chi connectivity index (χ2v) is 4.55. The van der Waals surface area contributed by atoms with Gasteiger partial charge < -0.3 is 0 Å². The first kappa shape index (κ1) is 11.8. The maximum absolute atomic E-state index is 14.4. The van der Waals surface area contributed by atoms with Gasteiger partial charge in [-0.15, -0.1) is 0 Å². The predicted molar refractivity (Wildman–Crippen MR) is 74.4 cm³/mol. The second kappa shape index (κ2) is 4.43. The van der Waals surface area contributed by atoms with Gasteiger partial charge in [0, 0.05) is 28.4 Å². The summed E-state index contributed by atoms with van der Waals surface area (Å²) < 4.78 is 14.4. The summed E-state index contributed by atoms with van der Waals surface area (Å²) in [6, 6.07) is 11.0. The minimum absolute atomic E-state index is 0.205. The molecule has 0 aliphatic heterocycles. The molecule has 0 aliphatic rings. The summed E-state index contributed by atoms with van der Waals surface area (Å²) in [4.78, 5) is 8.83. The van der Waals surface area contributed by atoms with Crippen LogP contribution in [0.25, 0.3) is 22.2 Å². The summed E-state index contributed by atoms with van der Waals surface area (Å²) in [5.41, 5.74) is 3.64. The Kier molecular flexibility index (Phi) is 2.75. The lowest BCUT2D eigenvalue weighted by Crippen LogP contribution is -1.97. The molecule has 0 N–H and O–H groups in total. The van der Waals surface area contributed by atoms with Crippen molar-refractivity contribution in [2.75, 3.05) is 0 Å². The van der Waals surface area contributed by atoms with Crippen molar-refractivity contribution < 1.29 is 4.39 Å². The SMILES string of the molecule is Cc1ncccc1-c1nc2ccccc2c(F)c1C. The van der Waals surface area contributed by atoms with Gasteiger partial charge in [-0.25, -0.2) is 9.37 Å². The summed E-state index contributed by atoms with van der Waals surface area (Å²) in [6.45, 7) is 3.67. The molecule has 1 aromatic carbocycles. The summed E-state index contributed by atoms with van der Waals surface area (Å²) in [6.07, 6.45) is 1.73. The van der Waals surface area contributed by atoms with Crippen molar-refractivity contribution in [2.24, 2.45) is 0 Å². The molecule has 0 atom stereocenters. The fourth-order valence-electron chi connectivity index (χ4n) is 2.26. The monoisotopic (exact) mass is 252 g/mol. The highest BCUT2D eigenvalue weighted by Crippen LogP contribution is 2.29. The first-order valence-electron chi connectivity index (χ1n) is 6.15. The number of hydrogen-bond acceptors (Lipinski definition) is 2. The molecule has 0 radical (unpaired) electrons. The number of fused-ring (bicyclic) bond motifs is 1. The molecular formula is C16H13FN2. The smallest absolute Gasteiger partial charge is 0.137 e. The number of hydrogen-bond donors (Lipinski definition) is 0. The van der Waals surface area contributed by atoms with Crippen molar-refractivity contribution in [3.63, 3.8) is 0 Å². The summed E-state index contributed by atoms with van der Waals surface area (Å²) in [5.74, 6) is -0.205. The molecule has 0 spiro atoms. The molecule has 0 saturated heterocycles. The number of para-hydroxylation sites is 1. The molecule has 0 saturated carbocycles. The van der Waals surface area contributed by atoms with Crippen LogP contribution in [-0.4, -0.2) is 9.97 Å². The Morgan fingerprint density at radius 1 is 1.00 bits per heavy atom. The van der Waals surface area contributed by atoms with Crippen molar-refractivity contribution in [3.8, 4) is 11.3 Å². The Balaban J connectivity index is 2.37. The topological polar surface area (TPSA) is 25.8 Å². The van der Waals surface area contributed by atoms with Crippen LogP contribution in [0.2, 0.25) is 0 Å². The van der Waals surface area contributed by atoms with Gasteiger partial charge in [-0.2, -0.15) is 0 Å². The molecule has 0 fully saturated rings. The third-order valence-corrected chi connectivity index (χ3v) is 3.32. The van der Waals surface area contributed by atoms with E-state index in [1.54, 1.807) is 19.2 Å². The minimum atomic E-state index is -0.205. The highest BCUT2D eigenvalue weighted by molar-refractivity contribution is 5.84. The van der Waals surface area contributed by atoms with Crippen molar-refractivity contribution in [1.82, 2.24) is 9.97 Å². The molecule has 2 heterocycles. The molecule has 2 aromatic heterocycles. The lowest BCUT2D eigenvalue weighted by Gasteiger charge is -2.10. The average Bonchev–Trinajstić information content (AvgIpc) is 2.44. The maximum Gasteiger partial charge on any atom is 0.137 e. The molecule has 3 aromatic rings. The lowest BCUT2D eigenvalue weighted by molar-refractivity contribution is 0.630. The van der Waals surface area contributed by atoms with E-state index in [0.717, 1.165) is 11.3 Å². The Labute approximate surface area is 111 Å². The van der Waals surface area contributed by atoms with Gasteiger partial charge >= 0.3 is 0 Å². The predicted octanol–water partition coefficient (Wildman–Crippen LogP) is 4.05. The molecule has 94 valence electrons. The standard InChI is InChI=1S/C16H13FN2/c1-10-15(17)13-6-3-4-8-14(13)19-16(10)12-7-5-9-18-11(12)2/h3-9H,1-2H3. The van der Waals surface area contributed by atoms with Crippen molar-refractivity contribution in [3.05, 3.63) is 59.7 Å². The van der Waals surface area contributed by atoms with E-state index >= 15 is 0 Å². The van der Waals surface area contributed by atoms with E-state index < -0.39 is 0 Å². The molecular weight excluding hydrogens is 239 g/mol. The van der Waals surface area contributed by atoms with Crippen LogP contribution in [0.4, 0.5) is 4.39 Å². The molecule has 0 amide bonds. The highest BCUT2D eigenvalue weighted by atomic mass is 19.1. The molecule has 3 heteroatoms. The summed E-state index contributed by atoms with van der Waals surface area (Å²) in [5, 5.41) is 0.560. The first-order chi connectivity index (χ1) is 9.18. The number of nitrogens with zero attached hydrogens (tertiary/aromatic N) is 2. The van der Waals surface area contributed by atoms with Gasteiger partial charge in [0.05, 0.1) is 11.2 Å². The van der Waals surface area contributed by atoms with E-state index in [1.807, 2.05) is 37.3 Å². The Morgan fingerprint density at radius 3 is 2.58 bits per heavy atom. The zero-order chi connectivity index (χ0) is 13.4. The second-order valence-electron chi connectivity index (χ2n) is 4.55. The number of pyridine rings is 2. The summed E-state index contributed by atoms with van der Waals surface area (Å²) >= 11 is 0. The molecule has 0 unspecified atom stereocenters. The van der Waals surface area contributed by atoms with Gasteiger partial charge in [0.1, 0.15) is 5.82 Å².